The predicted molar refractivity (Wildman–Crippen MR) is 131 cm³/mol. The summed E-state index contributed by atoms with van der Waals surface area (Å²) in [6.07, 6.45) is 9.15. The van der Waals surface area contributed by atoms with Gasteiger partial charge in [0.05, 0.1) is 5.69 Å². The zero-order chi connectivity index (χ0) is 23.9. The van der Waals surface area contributed by atoms with Crippen LogP contribution in [0.4, 0.5) is 13.2 Å². The molecule has 0 unspecified atom stereocenters. The summed E-state index contributed by atoms with van der Waals surface area (Å²) in [5, 5.41) is 1.40. The second-order valence-corrected chi connectivity index (χ2v) is 8.16. The smallest absolute Gasteiger partial charge is 0.387 e. The van der Waals surface area contributed by atoms with Crippen molar-refractivity contribution in [3.63, 3.8) is 0 Å². The molecule has 0 atom stereocenters. The van der Waals surface area contributed by atoms with Gasteiger partial charge < -0.3 is 4.74 Å². The van der Waals surface area contributed by atoms with Gasteiger partial charge in [-0.2, -0.15) is 8.78 Å². The van der Waals surface area contributed by atoms with E-state index in [1.54, 1.807) is 12.1 Å². The molecule has 2 nitrogen and oxygen atoms in total. The maximum absolute atomic E-state index is 15.2. The highest BCUT2D eigenvalue weighted by atomic mass is 19.3. The van der Waals surface area contributed by atoms with Crippen LogP contribution in [0.2, 0.25) is 0 Å². The lowest BCUT2D eigenvalue weighted by molar-refractivity contribution is -0.0498. The fourth-order valence-electron chi connectivity index (χ4n) is 3.97. The van der Waals surface area contributed by atoms with Gasteiger partial charge in [0.25, 0.3) is 0 Å². The van der Waals surface area contributed by atoms with Gasteiger partial charge in [0.1, 0.15) is 11.6 Å². The maximum atomic E-state index is 15.2. The third-order valence-electron chi connectivity index (χ3n) is 5.82. The molecule has 4 aromatic rings. The van der Waals surface area contributed by atoms with E-state index in [9.17, 15) is 8.78 Å². The van der Waals surface area contributed by atoms with Crippen LogP contribution in [-0.2, 0) is 19.3 Å². The number of hydrogen-bond acceptors (Lipinski definition) is 2. The summed E-state index contributed by atoms with van der Waals surface area (Å²) < 4.78 is 44.1. The molecular weight excluding hydrogens is 435 g/mol. The van der Waals surface area contributed by atoms with E-state index in [1.165, 1.54) is 17.7 Å². The first-order chi connectivity index (χ1) is 16.5. The van der Waals surface area contributed by atoms with Crippen molar-refractivity contribution in [1.82, 2.24) is 4.98 Å². The quantitative estimate of drug-likeness (QED) is 0.236. The van der Waals surface area contributed by atoms with E-state index in [1.807, 2.05) is 55.6 Å². The van der Waals surface area contributed by atoms with Gasteiger partial charge in [-0.15, -0.1) is 0 Å². The first-order valence-corrected chi connectivity index (χ1v) is 11.3. The van der Waals surface area contributed by atoms with E-state index < -0.39 is 6.61 Å². The summed E-state index contributed by atoms with van der Waals surface area (Å²) in [5.41, 5.74) is 4.55. The lowest BCUT2D eigenvalue weighted by Crippen LogP contribution is -2.02. The van der Waals surface area contributed by atoms with Crippen LogP contribution >= 0.6 is 0 Å². The van der Waals surface area contributed by atoms with Crippen LogP contribution in [0.15, 0.2) is 85.1 Å². The molecule has 0 radical (unpaired) electrons. The second-order valence-electron chi connectivity index (χ2n) is 8.16. The van der Waals surface area contributed by atoms with Crippen LogP contribution in [0.1, 0.15) is 30.0 Å². The number of benzene rings is 3. The molecule has 3 aromatic carbocycles. The molecule has 0 spiro atoms. The molecular formula is C29H26F3NO. The van der Waals surface area contributed by atoms with Gasteiger partial charge in [0.2, 0.25) is 0 Å². The SMILES string of the molecule is C/C=C/CCc1ccc(-c2ccc3c(F)c(CCc4ccc(OC(F)F)cc4)ccc3c2)nc1. The van der Waals surface area contributed by atoms with Crippen molar-refractivity contribution in [3.8, 4) is 17.0 Å². The van der Waals surface area contributed by atoms with Gasteiger partial charge in [-0.3, -0.25) is 4.98 Å². The molecule has 0 amide bonds. The summed E-state index contributed by atoms with van der Waals surface area (Å²) in [4.78, 5) is 4.59. The van der Waals surface area contributed by atoms with Gasteiger partial charge in [-0.05, 0) is 78.9 Å². The topological polar surface area (TPSA) is 22.1 Å². The van der Waals surface area contributed by atoms with Gasteiger partial charge >= 0.3 is 6.61 Å². The van der Waals surface area contributed by atoms with Crippen LogP contribution in [-0.4, -0.2) is 11.6 Å². The lowest BCUT2D eigenvalue weighted by atomic mass is 9.98. The summed E-state index contributed by atoms with van der Waals surface area (Å²) in [6, 6.07) is 20.0. The van der Waals surface area contributed by atoms with Crippen LogP contribution < -0.4 is 4.74 Å². The highest BCUT2D eigenvalue weighted by Crippen LogP contribution is 2.27. The Morgan fingerprint density at radius 1 is 0.882 bits per heavy atom. The number of ether oxygens (including phenoxy) is 1. The van der Waals surface area contributed by atoms with Crippen LogP contribution in [0.25, 0.3) is 22.0 Å². The number of halogens is 3. The average Bonchev–Trinajstić information content (AvgIpc) is 2.85. The minimum atomic E-state index is -2.85. The molecule has 34 heavy (non-hydrogen) atoms. The Morgan fingerprint density at radius 3 is 2.38 bits per heavy atom. The molecule has 0 saturated carbocycles. The van der Waals surface area contributed by atoms with Crippen LogP contribution in [0.3, 0.4) is 0 Å². The first kappa shape index (κ1) is 23.6. The third kappa shape index (κ3) is 5.84. The molecule has 0 bridgehead atoms. The fourth-order valence-corrected chi connectivity index (χ4v) is 3.97. The van der Waals surface area contributed by atoms with Gasteiger partial charge in [-0.25, -0.2) is 4.39 Å². The van der Waals surface area contributed by atoms with E-state index >= 15 is 4.39 Å². The molecule has 0 fully saturated rings. The number of allylic oxidation sites excluding steroid dienone is 2. The van der Waals surface area contributed by atoms with Crippen LogP contribution in [0, 0.1) is 5.82 Å². The number of fused-ring (bicyclic) bond motifs is 1. The monoisotopic (exact) mass is 461 g/mol. The Hall–Kier alpha value is -3.60. The van der Waals surface area contributed by atoms with E-state index in [4.69, 9.17) is 0 Å². The van der Waals surface area contributed by atoms with Crippen molar-refractivity contribution < 1.29 is 17.9 Å². The number of alkyl halides is 2. The van der Waals surface area contributed by atoms with E-state index in [-0.39, 0.29) is 11.6 Å². The average molecular weight is 462 g/mol. The largest absolute Gasteiger partial charge is 0.435 e. The molecule has 1 heterocycles. The molecule has 1 aromatic heterocycles. The highest BCUT2D eigenvalue weighted by Gasteiger charge is 2.10. The second kappa shape index (κ2) is 11.0. The van der Waals surface area contributed by atoms with E-state index in [0.717, 1.165) is 35.0 Å². The Labute approximate surface area is 197 Å². The van der Waals surface area contributed by atoms with E-state index in [2.05, 4.69) is 21.9 Å². The van der Waals surface area contributed by atoms with Crippen molar-refractivity contribution in [2.45, 2.75) is 39.2 Å². The summed E-state index contributed by atoms with van der Waals surface area (Å²) in [7, 11) is 0. The van der Waals surface area contributed by atoms with Gasteiger partial charge in [0, 0.05) is 17.1 Å². The minimum Gasteiger partial charge on any atom is -0.435 e. The van der Waals surface area contributed by atoms with Crippen molar-refractivity contribution in [2.24, 2.45) is 0 Å². The Bertz CT molecular complexity index is 1270. The molecule has 4 rings (SSSR count). The van der Waals surface area contributed by atoms with Crippen molar-refractivity contribution in [1.29, 1.82) is 0 Å². The number of rotatable bonds is 9. The molecule has 0 saturated heterocycles. The first-order valence-electron chi connectivity index (χ1n) is 11.3. The number of hydrogen-bond donors (Lipinski definition) is 0. The number of aromatic nitrogens is 1. The molecule has 5 heteroatoms. The Balaban J connectivity index is 1.46. The molecule has 0 aliphatic heterocycles. The molecule has 0 aliphatic rings. The fraction of sp³-hybridized carbons (Fsp3) is 0.207. The standard InChI is InChI=1S/C29H26F3NO/c1-2-3-4-5-21-9-17-27(33-19-21)24-13-16-26-23(18-24)12-11-22(28(26)30)10-6-20-7-14-25(15-8-20)34-29(31)32/h2-3,7-9,11-19,29H,4-6,10H2,1H3/b3-2+. The Morgan fingerprint density at radius 2 is 1.68 bits per heavy atom. The third-order valence-corrected chi connectivity index (χ3v) is 5.82. The summed E-state index contributed by atoms with van der Waals surface area (Å²) in [5.74, 6) is -0.113. The zero-order valence-electron chi connectivity index (χ0n) is 19.0. The van der Waals surface area contributed by atoms with Gasteiger partial charge in [-0.1, -0.05) is 54.6 Å². The minimum absolute atomic E-state index is 0.115. The van der Waals surface area contributed by atoms with Crippen molar-refractivity contribution in [2.75, 3.05) is 0 Å². The zero-order valence-corrected chi connectivity index (χ0v) is 19.0. The summed E-state index contributed by atoms with van der Waals surface area (Å²) in [6.45, 7) is -0.830. The molecule has 0 aliphatic carbocycles. The van der Waals surface area contributed by atoms with Crippen LogP contribution in [0.5, 0.6) is 5.75 Å². The normalized spacial score (nSPS) is 11.6. The van der Waals surface area contributed by atoms with E-state index in [0.29, 0.717) is 23.8 Å². The summed E-state index contributed by atoms with van der Waals surface area (Å²) >= 11 is 0. The number of nitrogens with zero attached hydrogens (tertiary/aromatic N) is 1. The maximum Gasteiger partial charge on any atom is 0.387 e. The molecule has 174 valence electrons. The van der Waals surface area contributed by atoms with Gasteiger partial charge in [0.15, 0.2) is 0 Å². The number of aryl methyl sites for hydroxylation is 3. The van der Waals surface area contributed by atoms with Crippen molar-refractivity contribution >= 4 is 10.8 Å². The Kier molecular flexibility index (Phi) is 7.63. The lowest BCUT2D eigenvalue weighted by Gasteiger charge is -2.10. The predicted octanol–water partition coefficient (Wildman–Crippen LogP) is 7.94. The number of pyridine rings is 1. The van der Waals surface area contributed by atoms with Crippen molar-refractivity contribution in [3.05, 3.63) is 108 Å². The highest BCUT2D eigenvalue weighted by molar-refractivity contribution is 5.88. The molecule has 0 N–H and O–H groups in total.